The molecule has 10 heteroatoms. The predicted octanol–water partition coefficient (Wildman–Crippen LogP) is -3.97. The number of aromatic nitrogens is 2. The topological polar surface area (TPSA) is 167 Å². The summed E-state index contributed by atoms with van der Waals surface area (Å²) in [6.07, 6.45) is 4.23. The zero-order valence-corrected chi connectivity index (χ0v) is 10.3. The maximum absolute atomic E-state index is 5.45. The summed E-state index contributed by atoms with van der Waals surface area (Å²) in [5.74, 6) is 0.189. The van der Waals surface area contributed by atoms with Crippen molar-refractivity contribution in [3.63, 3.8) is 0 Å². The molecule has 0 atom stereocenters. The van der Waals surface area contributed by atoms with Crippen LogP contribution in [0, 0.1) is 0 Å². The normalized spacial score (nSPS) is 11.9. The minimum absolute atomic E-state index is 0.130. The van der Waals surface area contributed by atoms with Gasteiger partial charge in [-0.15, -0.1) is 10.2 Å². The third-order valence-electron chi connectivity index (χ3n) is 1.72. The standard InChI is InChI=1S/C9H14N10/c1-13-9(12)19-17-4-7-2-6(14-5-15-7)3-16-18-8(10)11/h2-5H,1H3,(H4,10,11,18)(H3,12,13,19)/p+1/b16-3+,17-4+. The van der Waals surface area contributed by atoms with Gasteiger partial charge in [-0.25, -0.2) is 9.97 Å². The van der Waals surface area contributed by atoms with E-state index in [4.69, 9.17) is 17.2 Å². The van der Waals surface area contributed by atoms with Crippen LogP contribution >= 0.6 is 0 Å². The lowest BCUT2D eigenvalue weighted by atomic mass is 10.3. The van der Waals surface area contributed by atoms with Crippen molar-refractivity contribution in [1.82, 2.24) is 15.4 Å². The van der Waals surface area contributed by atoms with Gasteiger partial charge < -0.3 is 11.5 Å². The molecule has 8 N–H and O–H groups in total. The molecular formula is C9H15N10+. The molecule has 0 fully saturated rings. The molecule has 100 valence electrons. The fourth-order valence-electron chi connectivity index (χ4n) is 0.908. The Morgan fingerprint density at radius 2 is 1.95 bits per heavy atom. The Balaban J connectivity index is 2.72. The second kappa shape index (κ2) is 7.32. The Labute approximate surface area is 109 Å². The Kier molecular flexibility index (Phi) is 5.40. The Bertz CT molecular complexity index is 526. The van der Waals surface area contributed by atoms with Gasteiger partial charge in [0, 0.05) is 0 Å². The molecule has 10 nitrogen and oxygen atoms in total. The lowest BCUT2D eigenvalue weighted by Gasteiger charge is -1.93. The molecular weight excluding hydrogens is 248 g/mol. The molecule has 0 radical (unpaired) electrons. The molecule has 19 heavy (non-hydrogen) atoms. The summed E-state index contributed by atoms with van der Waals surface area (Å²) in [6, 6.07) is 1.65. The first-order chi connectivity index (χ1) is 9.11. The van der Waals surface area contributed by atoms with Gasteiger partial charge in [-0.2, -0.15) is 10.5 Å². The van der Waals surface area contributed by atoms with E-state index in [9.17, 15) is 0 Å². The maximum Gasteiger partial charge on any atom is 0.364 e. The Hall–Kier alpha value is -3.04. The predicted molar refractivity (Wildman–Crippen MR) is 72.2 cm³/mol. The van der Waals surface area contributed by atoms with Crippen LogP contribution in [0.1, 0.15) is 11.4 Å². The van der Waals surface area contributed by atoms with Crippen molar-refractivity contribution in [2.24, 2.45) is 32.5 Å². The van der Waals surface area contributed by atoms with Crippen LogP contribution in [-0.2, 0) is 0 Å². The molecule has 0 aromatic carbocycles. The number of nitrogens with zero attached hydrogens (tertiary/aromatic N) is 5. The van der Waals surface area contributed by atoms with Crippen molar-refractivity contribution in [2.45, 2.75) is 0 Å². The van der Waals surface area contributed by atoms with Gasteiger partial charge in [0.1, 0.15) is 6.33 Å². The van der Waals surface area contributed by atoms with Crippen LogP contribution in [0.25, 0.3) is 0 Å². The number of hydrazone groups is 1. The first-order valence-corrected chi connectivity index (χ1v) is 5.15. The smallest absolute Gasteiger partial charge is 0.364 e. The highest BCUT2D eigenvalue weighted by Gasteiger charge is 1.95. The van der Waals surface area contributed by atoms with Crippen molar-refractivity contribution < 1.29 is 4.99 Å². The van der Waals surface area contributed by atoms with Crippen molar-refractivity contribution in [2.75, 3.05) is 7.05 Å². The van der Waals surface area contributed by atoms with E-state index < -0.39 is 0 Å². The summed E-state index contributed by atoms with van der Waals surface area (Å²) >= 11 is 0. The van der Waals surface area contributed by atoms with E-state index in [1.54, 1.807) is 13.1 Å². The van der Waals surface area contributed by atoms with Gasteiger partial charge in [0.2, 0.25) is 5.96 Å². The van der Waals surface area contributed by atoms with Gasteiger partial charge in [-0.05, 0) is 6.07 Å². The second-order valence-electron chi connectivity index (χ2n) is 3.17. The summed E-state index contributed by atoms with van der Waals surface area (Å²) in [5, 5.41) is 10.9. The number of rotatable bonds is 4. The maximum atomic E-state index is 5.45. The highest BCUT2D eigenvalue weighted by Crippen LogP contribution is 1.92. The molecule has 0 amide bonds. The molecule has 0 aliphatic heterocycles. The highest BCUT2D eigenvalue weighted by atomic mass is 15.3. The molecule has 0 bridgehead atoms. The largest absolute Gasteiger partial charge is 0.369 e. The van der Waals surface area contributed by atoms with Crippen LogP contribution in [0.2, 0.25) is 0 Å². The van der Waals surface area contributed by atoms with Crippen molar-refractivity contribution in [3.05, 3.63) is 23.8 Å². The van der Waals surface area contributed by atoms with Crippen LogP contribution in [0.15, 0.2) is 27.7 Å². The fraction of sp³-hybridized carbons (Fsp3) is 0.111. The van der Waals surface area contributed by atoms with Crippen molar-refractivity contribution >= 4 is 24.3 Å². The van der Waals surface area contributed by atoms with Gasteiger partial charge in [0.25, 0.3) is 0 Å². The van der Waals surface area contributed by atoms with E-state index in [0.29, 0.717) is 17.3 Å². The van der Waals surface area contributed by atoms with Gasteiger partial charge in [0.15, 0.2) is 0 Å². The fourth-order valence-corrected chi connectivity index (χ4v) is 0.908. The van der Waals surface area contributed by atoms with E-state index in [1.165, 1.54) is 18.8 Å². The number of hydrogen-bond donors (Lipinski definition) is 5. The zero-order chi connectivity index (χ0) is 14.1. The monoisotopic (exact) mass is 263 g/mol. The van der Waals surface area contributed by atoms with Gasteiger partial charge in [0.05, 0.1) is 30.9 Å². The number of guanidine groups is 2. The number of hydrogen-bond acceptors (Lipinski definition) is 5. The SMILES string of the molecule is C[NH+]=C(N)N/N=C/c1cc(/C=N/N=C(N)N)ncn1. The first-order valence-electron chi connectivity index (χ1n) is 5.15. The minimum atomic E-state index is -0.130. The van der Waals surface area contributed by atoms with Crippen molar-refractivity contribution in [1.29, 1.82) is 0 Å². The quantitative estimate of drug-likeness (QED) is 0.211. The molecule has 1 aromatic rings. The van der Waals surface area contributed by atoms with E-state index >= 15 is 0 Å². The summed E-state index contributed by atoms with van der Waals surface area (Å²) in [4.78, 5) is 10.6. The minimum Gasteiger partial charge on any atom is -0.369 e. The summed E-state index contributed by atoms with van der Waals surface area (Å²) in [7, 11) is 1.67. The molecule has 1 rings (SSSR count). The lowest BCUT2D eigenvalue weighted by molar-refractivity contribution is -0.423. The van der Waals surface area contributed by atoms with E-state index in [1.807, 2.05) is 0 Å². The average Bonchev–Trinajstić information content (AvgIpc) is 2.38. The molecule has 0 saturated heterocycles. The highest BCUT2D eigenvalue weighted by molar-refractivity contribution is 5.84. The second-order valence-corrected chi connectivity index (χ2v) is 3.17. The summed E-state index contributed by atoms with van der Waals surface area (Å²) in [5.41, 5.74) is 19.4. The summed E-state index contributed by atoms with van der Waals surface area (Å²) < 4.78 is 0. The summed E-state index contributed by atoms with van der Waals surface area (Å²) in [6.45, 7) is 0. The van der Waals surface area contributed by atoms with Crippen LogP contribution in [0.4, 0.5) is 0 Å². The van der Waals surface area contributed by atoms with E-state index in [-0.39, 0.29) is 5.96 Å². The third kappa shape index (κ3) is 5.72. The van der Waals surface area contributed by atoms with Gasteiger partial charge >= 0.3 is 5.96 Å². The molecule has 1 heterocycles. The van der Waals surface area contributed by atoms with Gasteiger partial charge in [-0.1, -0.05) is 0 Å². The van der Waals surface area contributed by atoms with Crippen LogP contribution in [0.5, 0.6) is 0 Å². The molecule has 0 saturated carbocycles. The van der Waals surface area contributed by atoms with Crippen LogP contribution < -0.4 is 27.6 Å². The van der Waals surface area contributed by atoms with Crippen LogP contribution in [-0.4, -0.2) is 41.4 Å². The molecule has 0 aliphatic carbocycles. The third-order valence-corrected chi connectivity index (χ3v) is 1.72. The molecule has 0 aliphatic rings. The Morgan fingerprint density at radius 3 is 2.58 bits per heavy atom. The van der Waals surface area contributed by atoms with Crippen LogP contribution in [0.3, 0.4) is 0 Å². The van der Waals surface area contributed by atoms with E-state index in [2.05, 4.69) is 35.7 Å². The van der Waals surface area contributed by atoms with Crippen molar-refractivity contribution in [3.8, 4) is 0 Å². The average molecular weight is 263 g/mol. The van der Waals surface area contributed by atoms with Gasteiger partial charge in [-0.3, -0.25) is 10.7 Å². The number of nitrogens with two attached hydrogens (primary N) is 3. The first kappa shape index (κ1) is 14.0. The number of nitrogens with one attached hydrogen (secondary N) is 2. The zero-order valence-electron chi connectivity index (χ0n) is 10.3. The molecule has 0 unspecified atom stereocenters. The lowest BCUT2D eigenvalue weighted by Crippen LogP contribution is -2.74. The molecule has 1 aromatic heterocycles. The van der Waals surface area contributed by atoms with E-state index in [0.717, 1.165) is 0 Å². The molecule has 0 spiro atoms. The Morgan fingerprint density at radius 1 is 1.26 bits per heavy atom.